The van der Waals surface area contributed by atoms with Crippen LogP contribution >= 0.6 is 0 Å². The molecule has 1 aliphatic rings. The topological polar surface area (TPSA) is 52.6 Å². The number of terminal acetylenes is 1. The zero-order valence-corrected chi connectivity index (χ0v) is 12.4. The number of hydrogen-bond acceptors (Lipinski definition) is 4. The minimum atomic E-state index is -0.664. The standard InChI is InChI=1S/C20H10O4/c1-2-12-6-5-7-13(10-12)23-17-11-16-18(20(22)24-19(16)21)15-9-4-3-8-14(15)17/h1,3-11H. The summed E-state index contributed by atoms with van der Waals surface area (Å²) in [6, 6.07) is 15.8. The zero-order valence-electron chi connectivity index (χ0n) is 12.4. The monoisotopic (exact) mass is 314 g/mol. The summed E-state index contributed by atoms with van der Waals surface area (Å²) >= 11 is 0. The van der Waals surface area contributed by atoms with Gasteiger partial charge in [0, 0.05) is 16.3 Å². The Bertz CT molecular complexity index is 1060. The van der Waals surface area contributed by atoms with E-state index in [1.54, 1.807) is 36.4 Å². The third-order valence-electron chi connectivity index (χ3n) is 3.84. The van der Waals surface area contributed by atoms with Gasteiger partial charge < -0.3 is 9.47 Å². The lowest BCUT2D eigenvalue weighted by Crippen LogP contribution is -1.97. The molecule has 0 aromatic heterocycles. The fourth-order valence-electron chi connectivity index (χ4n) is 2.77. The van der Waals surface area contributed by atoms with Gasteiger partial charge in [-0.3, -0.25) is 0 Å². The smallest absolute Gasteiger partial charge is 0.347 e. The Morgan fingerprint density at radius 1 is 0.917 bits per heavy atom. The molecule has 0 fully saturated rings. The van der Waals surface area contributed by atoms with Crippen molar-refractivity contribution in [3.8, 4) is 23.8 Å². The van der Waals surface area contributed by atoms with E-state index in [4.69, 9.17) is 15.9 Å². The van der Waals surface area contributed by atoms with Crippen LogP contribution < -0.4 is 4.74 Å². The fraction of sp³-hybridized carbons (Fsp3) is 0. The van der Waals surface area contributed by atoms with Gasteiger partial charge in [-0.25, -0.2) is 9.59 Å². The van der Waals surface area contributed by atoms with E-state index in [1.165, 1.54) is 6.07 Å². The van der Waals surface area contributed by atoms with Crippen LogP contribution in [0.2, 0.25) is 0 Å². The van der Waals surface area contributed by atoms with E-state index in [2.05, 4.69) is 5.92 Å². The van der Waals surface area contributed by atoms with Gasteiger partial charge in [0.15, 0.2) is 0 Å². The molecule has 0 saturated carbocycles. The Hall–Kier alpha value is -3.58. The molecule has 0 atom stereocenters. The number of benzene rings is 3. The number of cyclic esters (lactones) is 2. The van der Waals surface area contributed by atoms with Gasteiger partial charge in [-0.2, -0.15) is 0 Å². The van der Waals surface area contributed by atoms with Crippen molar-refractivity contribution in [3.05, 3.63) is 71.3 Å². The van der Waals surface area contributed by atoms with Gasteiger partial charge in [0.2, 0.25) is 0 Å². The molecule has 0 unspecified atom stereocenters. The summed E-state index contributed by atoms with van der Waals surface area (Å²) in [5.41, 5.74) is 1.18. The Morgan fingerprint density at radius 2 is 1.71 bits per heavy atom. The largest absolute Gasteiger partial charge is 0.457 e. The second kappa shape index (κ2) is 5.25. The van der Waals surface area contributed by atoms with Crippen molar-refractivity contribution in [3.63, 3.8) is 0 Å². The summed E-state index contributed by atoms with van der Waals surface area (Å²) < 4.78 is 10.6. The normalized spacial score (nSPS) is 12.6. The maximum absolute atomic E-state index is 11.9. The van der Waals surface area contributed by atoms with E-state index in [-0.39, 0.29) is 11.1 Å². The van der Waals surface area contributed by atoms with Crippen LogP contribution in [0, 0.1) is 12.3 Å². The van der Waals surface area contributed by atoms with Crippen LogP contribution in [0.3, 0.4) is 0 Å². The molecule has 114 valence electrons. The second-order valence-electron chi connectivity index (χ2n) is 5.29. The molecule has 3 aromatic carbocycles. The van der Waals surface area contributed by atoms with Crippen molar-refractivity contribution in [2.75, 3.05) is 0 Å². The van der Waals surface area contributed by atoms with Crippen LogP contribution in [0.4, 0.5) is 0 Å². The lowest BCUT2D eigenvalue weighted by molar-refractivity contribution is 0.0444. The highest BCUT2D eigenvalue weighted by Crippen LogP contribution is 2.37. The molecule has 0 amide bonds. The van der Waals surface area contributed by atoms with Crippen LogP contribution in [0.15, 0.2) is 54.6 Å². The summed E-state index contributed by atoms with van der Waals surface area (Å²) in [6.07, 6.45) is 5.41. The molecule has 0 spiro atoms. The molecule has 0 saturated heterocycles. The summed E-state index contributed by atoms with van der Waals surface area (Å²) in [7, 11) is 0. The molecule has 24 heavy (non-hydrogen) atoms. The molecule has 4 rings (SSSR count). The average molecular weight is 314 g/mol. The maximum atomic E-state index is 11.9. The van der Waals surface area contributed by atoms with Crippen LogP contribution in [0.1, 0.15) is 26.3 Å². The first-order chi connectivity index (χ1) is 11.7. The number of rotatable bonds is 2. The van der Waals surface area contributed by atoms with Gasteiger partial charge in [0.05, 0.1) is 11.1 Å². The van der Waals surface area contributed by atoms with Gasteiger partial charge >= 0.3 is 11.9 Å². The summed E-state index contributed by atoms with van der Waals surface area (Å²) in [4.78, 5) is 23.8. The summed E-state index contributed by atoms with van der Waals surface area (Å²) in [6.45, 7) is 0. The number of carbonyl (C=O) groups is 2. The predicted molar refractivity (Wildman–Crippen MR) is 88.1 cm³/mol. The van der Waals surface area contributed by atoms with E-state index in [9.17, 15) is 9.59 Å². The predicted octanol–water partition coefficient (Wildman–Crippen LogP) is 3.92. The molecule has 1 heterocycles. The van der Waals surface area contributed by atoms with Crippen molar-refractivity contribution in [2.24, 2.45) is 0 Å². The Kier molecular flexibility index (Phi) is 3.07. The van der Waals surface area contributed by atoms with Gasteiger partial charge in [-0.1, -0.05) is 36.3 Å². The summed E-state index contributed by atoms with van der Waals surface area (Å²) in [5, 5.41) is 1.34. The number of fused-ring (bicyclic) bond motifs is 3. The molecule has 1 aliphatic heterocycles. The van der Waals surface area contributed by atoms with Crippen LogP contribution in [0.5, 0.6) is 11.5 Å². The molecule has 0 aliphatic carbocycles. The number of esters is 2. The van der Waals surface area contributed by atoms with E-state index in [1.807, 2.05) is 12.1 Å². The van der Waals surface area contributed by atoms with Crippen LogP contribution in [-0.4, -0.2) is 11.9 Å². The van der Waals surface area contributed by atoms with Gasteiger partial charge in [-0.15, -0.1) is 6.42 Å². The molecular formula is C20H10O4. The fourth-order valence-corrected chi connectivity index (χ4v) is 2.77. The van der Waals surface area contributed by atoms with Gasteiger partial charge in [0.25, 0.3) is 0 Å². The van der Waals surface area contributed by atoms with Gasteiger partial charge in [-0.05, 0) is 24.3 Å². The SMILES string of the molecule is C#Cc1cccc(Oc2cc3c(c4ccccc24)C(=O)OC3=O)c1. The molecular weight excluding hydrogens is 304 g/mol. The van der Waals surface area contributed by atoms with E-state index in [0.717, 1.165) is 0 Å². The van der Waals surface area contributed by atoms with E-state index >= 15 is 0 Å². The minimum absolute atomic E-state index is 0.210. The first-order valence-electron chi connectivity index (χ1n) is 7.24. The second-order valence-corrected chi connectivity index (χ2v) is 5.29. The lowest BCUT2D eigenvalue weighted by Gasteiger charge is -2.11. The third-order valence-corrected chi connectivity index (χ3v) is 3.84. The van der Waals surface area contributed by atoms with Crippen LogP contribution in [0.25, 0.3) is 10.8 Å². The number of hydrogen-bond donors (Lipinski definition) is 0. The highest BCUT2D eigenvalue weighted by molar-refractivity contribution is 6.22. The Balaban J connectivity index is 1.92. The average Bonchev–Trinajstić information content (AvgIpc) is 2.89. The molecule has 4 nitrogen and oxygen atoms in total. The molecule has 0 bridgehead atoms. The lowest BCUT2D eigenvalue weighted by atomic mass is 9.99. The summed E-state index contributed by atoms with van der Waals surface area (Å²) in [5.74, 6) is 2.26. The number of carbonyl (C=O) groups excluding carboxylic acids is 2. The Labute approximate surface area is 137 Å². The molecule has 4 heteroatoms. The minimum Gasteiger partial charge on any atom is -0.457 e. The van der Waals surface area contributed by atoms with E-state index < -0.39 is 11.9 Å². The van der Waals surface area contributed by atoms with Crippen molar-refractivity contribution >= 4 is 22.7 Å². The van der Waals surface area contributed by atoms with Crippen molar-refractivity contribution < 1.29 is 19.1 Å². The molecule has 3 aromatic rings. The van der Waals surface area contributed by atoms with Crippen molar-refractivity contribution in [1.82, 2.24) is 0 Å². The highest BCUT2D eigenvalue weighted by Gasteiger charge is 2.33. The number of ether oxygens (including phenoxy) is 2. The first-order valence-corrected chi connectivity index (χ1v) is 7.24. The van der Waals surface area contributed by atoms with Crippen LogP contribution in [-0.2, 0) is 4.74 Å². The maximum Gasteiger partial charge on any atom is 0.347 e. The third kappa shape index (κ3) is 2.11. The van der Waals surface area contributed by atoms with E-state index in [0.29, 0.717) is 27.8 Å². The highest BCUT2D eigenvalue weighted by atomic mass is 16.6. The first kappa shape index (κ1) is 14.0. The Morgan fingerprint density at radius 3 is 2.50 bits per heavy atom. The van der Waals surface area contributed by atoms with Gasteiger partial charge in [0.1, 0.15) is 11.5 Å². The quantitative estimate of drug-likeness (QED) is 0.409. The molecule has 0 N–H and O–H groups in total. The van der Waals surface area contributed by atoms with Crippen molar-refractivity contribution in [1.29, 1.82) is 0 Å². The molecule has 0 radical (unpaired) electrons. The zero-order chi connectivity index (χ0) is 16.7. The van der Waals surface area contributed by atoms with Crippen molar-refractivity contribution in [2.45, 2.75) is 0 Å².